The summed E-state index contributed by atoms with van der Waals surface area (Å²) in [5.41, 5.74) is 1.06. The smallest absolute Gasteiger partial charge is 0.129 e. The Hall–Kier alpha value is -1.40. The summed E-state index contributed by atoms with van der Waals surface area (Å²) in [6, 6.07) is 2.18. The van der Waals surface area contributed by atoms with Crippen LogP contribution in [0.1, 0.15) is 30.0 Å². The number of nitrogens with zero attached hydrogens (tertiary/aromatic N) is 3. The number of aryl methyl sites for hydroxylation is 1. The van der Waals surface area contributed by atoms with Crippen molar-refractivity contribution in [1.29, 1.82) is 0 Å². The van der Waals surface area contributed by atoms with Gasteiger partial charge in [-0.1, -0.05) is 12.1 Å². The van der Waals surface area contributed by atoms with Gasteiger partial charge in [0.1, 0.15) is 5.75 Å². The van der Waals surface area contributed by atoms with Crippen LogP contribution in [0.25, 0.3) is 0 Å². The first kappa shape index (κ1) is 13.0. The molecule has 5 nitrogen and oxygen atoms in total. The van der Waals surface area contributed by atoms with Gasteiger partial charge in [-0.15, -0.1) is 16.4 Å². The van der Waals surface area contributed by atoms with Crippen molar-refractivity contribution in [2.45, 2.75) is 19.4 Å². The van der Waals surface area contributed by atoms with E-state index in [4.69, 9.17) is 4.74 Å². The zero-order valence-electron chi connectivity index (χ0n) is 10.9. The van der Waals surface area contributed by atoms with Crippen molar-refractivity contribution >= 4 is 11.3 Å². The average Bonchev–Trinajstić information content (AvgIpc) is 3.00. The highest BCUT2D eigenvalue weighted by Gasteiger charge is 2.19. The van der Waals surface area contributed by atoms with Gasteiger partial charge in [-0.05, 0) is 19.0 Å². The van der Waals surface area contributed by atoms with Gasteiger partial charge >= 0.3 is 0 Å². The Morgan fingerprint density at radius 2 is 2.39 bits per heavy atom. The number of rotatable bonds is 6. The van der Waals surface area contributed by atoms with E-state index in [0.717, 1.165) is 24.4 Å². The van der Waals surface area contributed by atoms with E-state index < -0.39 is 0 Å². The second-order valence-electron chi connectivity index (χ2n) is 4.06. The lowest BCUT2D eigenvalue weighted by Gasteiger charge is -2.16. The summed E-state index contributed by atoms with van der Waals surface area (Å²) in [5, 5.41) is 13.5. The fourth-order valence-electron chi connectivity index (χ4n) is 1.79. The first-order valence-corrected chi connectivity index (χ1v) is 6.84. The Balaban J connectivity index is 2.27. The fourth-order valence-corrected chi connectivity index (χ4v) is 2.73. The van der Waals surface area contributed by atoms with Crippen LogP contribution in [-0.4, -0.2) is 28.6 Å². The molecule has 0 aromatic carbocycles. The van der Waals surface area contributed by atoms with Gasteiger partial charge in [0.25, 0.3) is 0 Å². The molecule has 0 saturated heterocycles. The van der Waals surface area contributed by atoms with Gasteiger partial charge in [-0.2, -0.15) is 0 Å². The van der Waals surface area contributed by atoms with Crippen LogP contribution < -0.4 is 10.1 Å². The number of nitrogens with one attached hydrogen (secondary N) is 1. The third kappa shape index (κ3) is 2.70. The number of ether oxygens (including phenoxy) is 1. The highest BCUT2D eigenvalue weighted by molar-refractivity contribution is 7.10. The maximum absolute atomic E-state index is 5.24. The Bertz CT molecular complexity index is 494. The molecular weight excluding hydrogens is 248 g/mol. The summed E-state index contributed by atoms with van der Waals surface area (Å²) < 4.78 is 7.05. The van der Waals surface area contributed by atoms with Crippen LogP contribution in [0.15, 0.2) is 17.6 Å². The van der Waals surface area contributed by atoms with Crippen LogP contribution in [0.5, 0.6) is 5.75 Å². The molecule has 2 heterocycles. The van der Waals surface area contributed by atoms with E-state index >= 15 is 0 Å². The van der Waals surface area contributed by atoms with Crippen molar-refractivity contribution in [1.82, 2.24) is 20.3 Å². The second-order valence-corrected chi connectivity index (χ2v) is 5.00. The van der Waals surface area contributed by atoms with Crippen molar-refractivity contribution in [2.24, 2.45) is 7.05 Å². The molecule has 2 aromatic rings. The normalized spacial score (nSPS) is 12.6. The van der Waals surface area contributed by atoms with Crippen LogP contribution in [0.3, 0.4) is 0 Å². The lowest BCUT2D eigenvalue weighted by molar-refractivity contribution is 0.416. The van der Waals surface area contributed by atoms with Gasteiger partial charge in [0, 0.05) is 17.3 Å². The average molecular weight is 266 g/mol. The number of aromatic nitrogens is 3. The minimum atomic E-state index is 0.124. The highest BCUT2D eigenvalue weighted by atomic mass is 32.1. The summed E-state index contributed by atoms with van der Waals surface area (Å²) in [6.07, 6.45) is 2.89. The standard InChI is InChI=1S/C12H18N4OS/c1-4-5-13-12(10-7-14-15-16(10)2)11-6-9(17-3)8-18-11/h6-8,12-13H,4-5H2,1-3H3. The van der Waals surface area contributed by atoms with Gasteiger partial charge in [-0.25, -0.2) is 0 Å². The van der Waals surface area contributed by atoms with E-state index in [1.165, 1.54) is 4.88 Å². The van der Waals surface area contributed by atoms with Crippen LogP contribution in [0, 0.1) is 0 Å². The van der Waals surface area contributed by atoms with Gasteiger partial charge < -0.3 is 10.1 Å². The molecule has 0 spiro atoms. The van der Waals surface area contributed by atoms with Crippen molar-refractivity contribution in [3.05, 3.63) is 28.2 Å². The molecule has 2 rings (SSSR count). The second kappa shape index (κ2) is 5.97. The van der Waals surface area contributed by atoms with Crippen LogP contribution in [-0.2, 0) is 7.05 Å². The van der Waals surface area contributed by atoms with Gasteiger partial charge in [0.15, 0.2) is 0 Å². The first-order chi connectivity index (χ1) is 8.76. The molecule has 1 unspecified atom stereocenters. The maximum atomic E-state index is 5.24. The monoisotopic (exact) mass is 266 g/mol. The molecule has 0 aliphatic carbocycles. The van der Waals surface area contributed by atoms with E-state index in [2.05, 4.69) is 28.6 Å². The van der Waals surface area contributed by atoms with E-state index in [1.807, 2.05) is 12.4 Å². The van der Waals surface area contributed by atoms with E-state index in [9.17, 15) is 0 Å². The number of hydrogen-bond donors (Lipinski definition) is 1. The lowest BCUT2D eigenvalue weighted by Crippen LogP contribution is -2.24. The molecule has 0 aliphatic heterocycles. The molecular formula is C12H18N4OS. The third-order valence-corrected chi connectivity index (χ3v) is 3.74. The maximum Gasteiger partial charge on any atom is 0.129 e. The molecule has 1 atom stereocenters. The Kier molecular flexibility index (Phi) is 4.33. The van der Waals surface area contributed by atoms with E-state index in [0.29, 0.717) is 0 Å². The molecule has 0 fully saturated rings. The summed E-state index contributed by atoms with van der Waals surface area (Å²) in [7, 11) is 3.60. The quantitative estimate of drug-likeness (QED) is 0.868. The molecule has 0 saturated carbocycles. The fraction of sp³-hybridized carbons (Fsp3) is 0.500. The third-order valence-electron chi connectivity index (χ3n) is 2.76. The van der Waals surface area contributed by atoms with Crippen molar-refractivity contribution in [2.75, 3.05) is 13.7 Å². The topological polar surface area (TPSA) is 52.0 Å². The minimum absolute atomic E-state index is 0.124. The summed E-state index contributed by atoms with van der Waals surface area (Å²) in [5.74, 6) is 0.897. The van der Waals surface area contributed by atoms with Crippen LogP contribution in [0.4, 0.5) is 0 Å². The predicted molar refractivity (Wildman–Crippen MR) is 72.0 cm³/mol. The molecule has 0 radical (unpaired) electrons. The van der Waals surface area contributed by atoms with E-state index in [-0.39, 0.29) is 6.04 Å². The molecule has 6 heteroatoms. The van der Waals surface area contributed by atoms with Crippen molar-refractivity contribution in [3.63, 3.8) is 0 Å². The number of methoxy groups -OCH3 is 1. The molecule has 0 aliphatic rings. The van der Waals surface area contributed by atoms with Crippen molar-refractivity contribution in [3.8, 4) is 5.75 Å². The largest absolute Gasteiger partial charge is 0.496 e. The minimum Gasteiger partial charge on any atom is -0.496 e. The zero-order chi connectivity index (χ0) is 13.0. The van der Waals surface area contributed by atoms with Crippen molar-refractivity contribution < 1.29 is 4.74 Å². The molecule has 1 N–H and O–H groups in total. The SMILES string of the molecule is CCCNC(c1cc(OC)cs1)c1cnnn1C. The summed E-state index contributed by atoms with van der Waals surface area (Å²) >= 11 is 1.68. The molecule has 2 aromatic heterocycles. The Morgan fingerprint density at radius 1 is 1.56 bits per heavy atom. The Labute approximate surface area is 111 Å². The highest BCUT2D eigenvalue weighted by Crippen LogP contribution is 2.30. The van der Waals surface area contributed by atoms with E-state index in [1.54, 1.807) is 29.3 Å². The van der Waals surface area contributed by atoms with Crippen LogP contribution in [0.2, 0.25) is 0 Å². The first-order valence-electron chi connectivity index (χ1n) is 5.96. The summed E-state index contributed by atoms with van der Waals surface area (Å²) in [4.78, 5) is 1.21. The van der Waals surface area contributed by atoms with Gasteiger partial charge in [0.05, 0.1) is 25.0 Å². The molecule has 98 valence electrons. The number of thiophene rings is 1. The predicted octanol–water partition coefficient (Wildman–Crippen LogP) is 1.97. The van der Waals surface area contributed by atoms with Gasteiger partial charge in [-0.3, -0.25) is 4.68 Å². The van der Waals surface area contributed by atoms with Crippen LogP contribution >= 0.6 is 11.3 Å². The zero-order valence-corrected chi connectivity index (χ0v) is 11.7. The lowest BCUT2D eigenvalue weighted by atomic mass is 10.1. The Morgan fingerprint density at radius 3 is 2.94 bits per heavy atom. The molecule has 0 bridgehead atoms. The summed E-state index contributed by atoms with van der Waals surface area (Å²) in [6.45, 7) is 3.11. The molecule has 0 amide bonds. The number of hydrogen-bond acceptors (Lipinski definition) is 5. The molecule has 18 heavy (non-hydrogen) atoms. The van der Waals surface area contributed by atoms with Gasteiger partial charge in [0.2, 0.25) is 0 Å².